The van der Waals surface area contributed by atoms with Crippen molar-refractivity contribution >= 4 is 31.9 Å². The van der Waals surface area contributed by atoms with Crippen LogP contribution in [0.3, 0.4) is 0 Å². The molecule has 0 aliphatic carbocycles. The summed E-state index contributed by atoms with van der Waals surface area (Å²) < 4.78 is 7.67. The Bertz CT molecular complexity index is 568. The van der Waals surface area contributed by atoms with Gasteiger partial charge < -0.3 is 9.84 Å². The number of ether oxygens (including phenoxy) is 1. The van der Waals surface area contributed by atoms with Gasteiger partial charge in [-0.15, -0.1) is 0 Å². The minimum atomic E-state index is 0.0122. The number of hydrogen-bond acceptors (Lipinski definition) is 2. The molecule has 0 spiro atoms. The van der Waals surface area contributed by atoms with Crippen LogP contribution in [0.5, 0.6) is 11.5 Å². The minimum Gasteiger partial charge on any atom is -0.457 e. The normalized spacial score (nSPS) is 10.4. The van der Waals surface area contributed by atoms with Crippen LogP contribution < -0.4 is 4.74 Å². The monoisotopic (exact) mass is 370 g/mol. The van der Waals surface area contributed by atoms with Gasteiger partial charge in [0.05, 0.1) is 6.61 Å². The third-order valence-corrected chi connectivity index (χ3v) is 4.19. The first-order valence-electron chi connectivity index (χ1n) is 5.43. The largest absolute Gasteiger partial charge is 0.457 e. The average molecular weight is 372 g/mol. The third-order valence-electron chi connectivity index (χ3n) is 2.56. The maximum Gasteiger partial charge on any atom is 0.128 e. The highest BCUT2D eigenvalue weighted by Crippen LogP contribution is 2.29. The molecular weight excluding hydrogens is 360 g/mol. The molecule has 0 aliphatic rings. The zero-order valence-corrected chi connectivity index (χ0v) is 13.0. The van der Waals surface area contributed by atoms with Gasteiger partial charge in [0, 0.05) is 8.95 Å². The molecule has 2 nitrogen and oxygen atoms in total. The third kappa shape index (κ3) is 3.13. The van der Waals surface area contributed by atoms with Crippen molar-refractivity contribution in [2.45, 2.75) is 13.5 Å². The topological polar surface area (TPSA) is 29.5 Å². The van der Waals surface area contributed by atoms with E-state index >= 15 is 0 Å². The molecule has 4 heteroatoms. The zero-order valence-electron chi connectivity index (χ0n) is 9.78. The SMILES string of the molecule is Cc1cc(Oc2ccc(CO)c(Br)c2)ccc1Br. The van der Waals surface area contributed by atoms with Crippen molar-refractivity contribution in [3.63, 3.8) is 0 Å². The molecule has 94 valence electrons. The van der Waals surface area contributed by atoms with Crippen molar-refractivity contribution in [2.24, 2.45) is 0 Å². The van der Waals surface area contributed by atoms with E-state index in [0.717, 1.165) is 31.6 Å². The van der Waals surface area contributed by atoms with Gasteiger partial charge in [0.1, 0.15) is 11.5 Å². The van der Waals surface area contributed by atoms with Gasteiger partial charge in [-0.3, -0.25) is 0 Å². The standard InChI is InChI=1S/C14H12Br2O2/c1-9-6-11(4-5-13(9)15)18-12-3-2-10(8-17)14(16)7-12/h2-7,17H,8H2,1H3. The molecular formula is C14H12Br2O2. The smallest absolute Gasteiger partial charge is 0.128 e. The molecule has 1 N–H and O–H groups in total. The summed E-state index contributed by atoms with van der Waals surface area (Å²) in [5.41, 5.74) is 1.97. The van der Waals surface area contributed by atoms with Crippen LogP contribution in [-0.4, -0.2) is 5.11 Å². The van der Waals surface area contributed by atoms with Crippen LogP contribution in [0.2, 0.25) is 0 Å². The summed E-state index contributed by atoms with van der Waals surface area (Å²) in [7, 11) is 0. The molecule has 0 heterocycles. The van der Waals surface area contributed by atoms with Gasteiger partial charge in [-0.2, -0.15) is 0 Å². The van der Waals surface area contributed by atoms with E-state index in [2.05, 4.69) is 31.9 Å². The lowest BCUT2D eigenvalue weighted by atomic mass is 10.2. The van der Waals surface area contributed by atoms with Crippen LogP contribution in [-0.2, 0) is 6.61 Å². The van der Waals surface area contributed by atoms with E-state index in [4.69, 9.17) is 9.84 Å². The van der Waals surface area contributed by atoms with E-state index in [1.807, 2.05) is 43.3 Å². The molecule has 18 heavy (non-hydrogen) atoms. The lowest BCUT2D eigenvalue weighted by Gasteiger charge is -2.09. The first kappa shape index (κ1) is 13.6. The molecule has 0 saturated heterocycles. The second-order valence-corrected chi connectivity index (χ2v) is 5.63. The Kier molecular flexibility index (Phi) is 4.43. The maximum absolute atomic E-state index is 9.09. The summed E-state index contributed by atoms with van der Waals surface area (Å²) in [5.74, 6) is 1.53. The number of rotatable bonds is 3. The molecule has 0 bridgehead atoms. The van der Waals surface area contributed by atoms with Crippen molar-refractivity contribution in [1.29, 1.82) is 0 Å². The van der Waals surface area contributed by atoms with Crippen LogP contribution >= 0.6 is 31.9 Å². The highest BCUT2D eigenvalue weighted by Gasteiger charge is 2.03. The number of aliphatic hydroxyl groups excluding tert-OH is 1. The Labute approximate surface area is 123 Å². The van der Waals surface area contributed by atoms with Crippen LogP contribution in [0.15, 0.2) is 45.3 Å². The Morgan fingerprint density at radius 2 is 1.67 bits per heavy atom. The molecule has 0 saturated carbocycles. The number of aliphatic hydroxyl groups is 1. The average Bonchev–Trinajstić information content (AvgIpc) is 2.34. The second kappa shape index (κ2) is 5.87. The van der Waals surface area contributed by atoms with Gasteiger partial charge in [-0.05, 0) is 48.4 Å². The van der Waals surface area contributed by atoms with Gasteiger partial charge in [-0.1, -0.05) is 37.9 Å². The van der Waals surface area contributed by atoms with Crippen LogP contribution in [0, 0.1) is 6.92 Å². The molecule has 2 aromatic carbocycles. The molecule has 0 aromatic heterocycles. The summed E-state index contributed by atoms with van der Waals surface area (Å²) in [5, 5.41) is 9.09. The van der Waals surface area contributed by atoms with Gasteiger partial charge in [0.2, 0.25) is 0 Å². The fourth-order valence-electron chi connectivity index (χ4n) is 1.54. The van der Waals surface area contributed by atoms with Gasteiger partial charge in [-0.25, -0.2) is 0 Å². The van der Waals surface area contributed by atoms with Crippen LogP contribution in [0.1, 0.15) is 11.1 Å². The second-order valence-electron chi connectivity index (χ2n) is 3.92. The predicted octanol–water partition coefficient (Wildman–Crippen LogP) is 4.80. The fraction of sp³-hybridized carbons (Fsp3) is 0.143. The number of halogens is 2. The van der Waals surface area contributed by atoms with Crippen molar-refractivity contribution in [2.75, 3.05) is 0 Å². The number of aryl methyl sites for hydroxylation is 1. The molecule has 0 radical (unpaired) electrons. The number of benzene rings is 2. The first-order chi connectivity index (χ1) is 8.60. The van der Waals surface area contributed by atoms with Crippen molar-refractivity contribution in [3.05, 3.63) is 56.5 Å². The predicted molar refractivity (Wildman–Crippen MR) is 79.0 cm³/mol. The fourth-order valence-corrected chi connectivity index (χ4v) is 2.27. The van der Waals surface area contributed by atoms with Crippen molar-refractivity contribution < 1.29 is 9.84 Å². The highest BCUT2D eigenvalue weighted by atomic mass is 79.9. The Balaban J connectivity index is 2.23. The van der Waals surface area contributed by atoms with Gasteiger partial charge in [0.15, 0.2) is 0 Å². The summed E-state index contributed by atoms with van der Waals surface area (Å²) >= 11 is 6.85. The van der Waals surface area contributed by atoms with Gasteiger partial charge in [0.25, 0.3) is 0 Å². The van der Waals surface area contributed by atoms with E-state index < -0.39 is 0 Å². The molecule has 0 unspecified atom stereocenters. The van der Waals surface area contributed by atoms with E-state index in [9.17, 15) is 0 Å². The van der Waals surface area contributed by atoms with E-state index in [0.29, 0.717) is 0 Å². The van der Waals surface area contributed by atoms with Crippen molar-refractivity contribution in [3.8, 4) is 11.5 Å². The van der Waals surface area contributed by atoms with Crippen molar-refractivity contribution in [1.82, 2.24) is 0 Å². The maximum atomic E-state index is 9.09. The minimum absolute atomic E-state index is 0.0122. The lowest BCUT2D eigenvalue weighted by Crippen LogP contribution is -1.89. The molecule has 2 rings (SSSR count). The molecule has 0 amide bonds. The Morgan fingerprint density at radius 3 is 2.28 bits per heavy atom. The van der Waals surface area contributed by atoms with Crippen LogP contribution in [0.25, 0.3) is 0 Å². The first-order valence-corrected chi connectivity index (χ1v) is 7.02. The molecule has 0 aliphatic heterocycles. The van der Waals surface area contributed by atoms with E-state index in [-0.39, 0.29) is 6.61 Å². The van der Waals surface area contributed by atoms with Gasteiger partial charge >= 0.3 is 0 Å². The summed E-state index contributed by atoms with van der Waals surface area (Å²) in [6.45, 7) is 2.03. The van der Waals surface area contributed by atoms with E-state index in [1.54, 1.807) is 0 Å². The Morgan fingerprint density at radius 1 is 1.00 bits per heavy atom. The summed E-state index contributed by atoms with van der Waals surface area (Å²) in [4.78, 5) is 0. The lowest BCUT2D eigenvalue weighted by molar-refractivity contribution is 0.281. The summed E-state index contributed by atoms with van der Waals surface area (Å²) in [6, 6.07) is 11.4. The molecule has 0 fully saturated rings. The zero-order chi connectivity index (χ0) is 13.1. The Hall–Kier alpha value is -0.840. The number of hydrogen-bond donors (Lipinski definition) is 1. The molecule has 0 atom stereocenters. The summed E-state index contributed by atoms with van der Waals surface area (Å²) in [6.07, 6.45) is 0. The van der Waals surface area contributed by atoms with E-state index in [1.165, 1.54) is 0 Å². The van der Waals surface area contributed by atoms with Crippen LogP contribution in [0.4, 0.5) is 0 Å². The molecule has 2 aromatic rings. The quantitative estimate of drug-likeness (QED) is 0.839. The highest BCUT2D eigenvalue weighted by molar-refractivity contribution is 9.10.